The van der Waals surface area contributed by atoms with Gasteiger partial charge < -0.3 is 0 Å². The molecule has 6 aromatic rings. The Hall–Kier alpha value is -5.89. The third-order valence-electron chi connectivity index (χ3n) is 12.1. The molecule has 0 N–H and O–H groups in total. The molecule has 1 nitrogen and oxygen atoms in total. The van der Waals surface area contributed by atoms with Gasteiger partial charge in [0.25, 0.3) is 0 Å². The van der Waals surface area contributed by atoms with E-state index in [4.69, 9.17) is 0 Å². The van der Waals surface area contributed by atoms with Crippen LogP contribution in [0.25, 0.3) is 0 Å². The van der Waals surface area contributed by atoms with Gasteiger partial charge in [-0.3, -0.25) is 0 Å². The van der Waals surface area contributed by atoms with Crippen LogP contribution in [0.3, 0.4) is 0 Å². The van der Waals surface area contributed by atoms with E-state index >= 15 is 0 Å². The van der Waals surface area contributed by atoms with Gasteiger partial charge in [0.2, 0.25) is 5.51 Å². The van der Waals surface area contributed by atoms with Crippen molar-refractivity contribution in [1.29, 1.82) is 0 Å². The molecular formula is C50H38BF24NS. The molecule has 0 atom stereocenters. The highest BCUT2D eigenvalue weighted by molar-refractivity contribution is 7.20. The first-order valence-electron chi connectivity index (χ1n) is 22.5. The summed E-state index contributed by atoms with van der Waals surface area (Å²) < 4.78 is 343. The molecule has 6 rings (SSSR count). The van der Waals surface area contributed by atoms with Crippen LogP contribution >= 0.6 is 11.3 Å². The topological polar surface area (TPSA) is 3.88 Å². The zero-order valence-corrected chi connectivity index (χ0v) is 39.9. The lowest BCUT2D eigenvalue weighted by molar-refractivity contribution is -0.683. The standard InChI is InChI=1S/C32H12BF24.C18H26NS/c34-25(35,36)13-1-14(26(37,38)39)6-21(5-13)33(22-7-15(27(40,41)42)2-16(8-22)28(43,44)45,23-9-17(29(46,47)48)3-18(10-23)30(49,50)51)24-11-19(31(52,53)54)4-20(12-24)32(55,56)57;1-2-3-4-5-6-10-13-18-15-19(16-20-18)14-17-11-8-7-9-12-17/h1-12H;7-9,11-12,15-16H,2-6,10,13-14H2,1H3/q-1;+1. The number of hydrogen-bond donors (Lipinski definition) is 0. The minimum absolute atomic E-state index is 0.691. The second-order valence-corrected chi connectivity index (χ2v) is 18.7. The number of rotatable bonds is 13. The van der Waals surface area contributed by atoms with E-state index in [0.29, 0.717) is 0 Å². The predicted molar refractivity (Wildman–Crippen MR) is 237 cm³/mol. The summed E-state index contributed by atoms with van der Waals surface area (Å²) in [5, 5.41) is 0. The highest BCUT2D eigenvalue weighted by atomic mass is 32.1. The number of aryl methyl sites for hydroxylation is 1. The highest BCUT2D eigenvalue weighted by Gasteiger charge is 2.47. The number of hydrogen-bond acceptors (Lipinski definition) is 1. The molecule has 0 aliphatic rings. The third-order valence-corrected chi connectivity index (χ3v) is 13.1. The summed E-state index contributed by atoms with van der Waals surface area (Å²) in [5.41, 5.74) is -26.6. The molecule has 27 heteroatoms. The van der Waals surface area contributed by atoms with Crippen LogP contribution in [0.15, 0.2) is 115 Å². The van der Waals surface area contributed by atoms with Gasteiger partial charge in [0.15, 0.2) is 12.7 Å². The van der Waals surface area contributed by atoms with Gasteiger partial charge in [-0.2, -0.15) is 132 Å². The van der Waals surface area contributed by atoms with Crippen LogP contribution in [-0.2, 0) is 62.4 Å². The zero-order valence-electron chi connectivity index (χ0n) is 39.1. The average Bonchev–Trinajstić information content (AvgIpc) is 3.75. The van der Waals surface area contributed by atoms with Crippen molar-refractivity contribution in [3.05, 3.63) is 170 Å². The Kier molecular flexibility index (Phi) is 18.4. The SMILES string of the molecule is CCCCCCCCc1c[n+](Cc2ccccc2)cs1.FC(F)(F)c1cc([B-](c2cc(C(F)(F)F)cc(C(F)(F)F)c2)(c2cc(C(F)(F)F)cc(C(F)(F)F)c2)c2cc(C(F)(F)F)cc(C(F)(F)F)c2)cc(C(F)(F)F)c1. The molecular weight excluding hydrogens is 1110 g/mol. The molecule has 0 spiro atoms. The van der Waals surface area contributed by atoms with Crippen LogP contribution in [-0.4, -0.2) is 6.15 Å². The van der Waals surface area contributed by atoms with E-state index in [0.717, 1.165) is 6.54 Å². The fraction of sp³-hybridized carbons (Fsp3) is 0.340. The van der Waals surface area contributed by atoms with Crippen LogP contribution in [0.5, 0.6) is 0 Å². The van der Waals surface area contributed by atoms with Crippen molar-refractivity contribution in [2.75, 3.05) is 0 Å². The predicted octanol–water partition coefficient (Wildman–Crippen LogP) is 16.2. The molecule has 420 valence electrons. The number of thiazole rings is 1. The summed E-state index contributed by atoms with van der Waals surface area (Å²) in [6.45, 7) is 3.27. The van der Waals surface area contributed by atoms with E-state index < -0.39 is 195 Å². The fourth-order valence-electron chi connectivity index (χ4n) is 8.53. The van der Waals surface area contributed by atoms with Crippen molar-refractivity contribution in [2.24, 2.45) is 0 Å². The summed E-state index contributed by atoms with van der Waals surface area (Å²) in [6, 6.07) is 1.87. The Labute approximate surface area is 426 Å². The number of aromatic nitrogens is 1. The second kappa shape index (κ2) is 22.8. The lowest BCUT2D eigenvalue weighted by Crippen LogP contribution is -2.75. The van der Waals surface area contributed by atoms with Crippen molar-refractivity contribution in [3.8, 4) is 0 Å². The molecule has 0 radical (unpaired) electrons. The average molecular weight is 1150 g/mol. The Balaban J connectivity index is 0.000000455. The molecule has 5 aromatic carbocycles. The number of alkyl halides is 24. The third kappa shape index (κ3) is 15.9. The first-order valence-corrected chi connectivity index (χ1v) is 23.4. The quantitative estimate of drug-likeness (QED) is 0.0470. The van der Waals surface area contributed by atoms with E-state index in [1.165, 1.54) is 55.4 Å². The number of benzene rings is 5. The lowest BCUT2D eigenvalue weighted by Gasteiger charge is -2.46. The Morgan fingerprint density at radius 3 is 0.909 bits per heavy atom. The smallest absolute Gasteiger partial charge is 0.194 e. The van der Waals surface area contributed by atoms with Gasteiger partial charge >= 0.3 is 49.4 Å². The second-order valence-electron chi connectivity index (χ2n) is 17.7. The first kappa shape index (κ1) is 62.0. The number of nitrogens with zero attached hydrogens (tertiary/aromatic N) is 1. The van der Waals surface area contributed by atoms with E-state index in [1.807, 2.05) is 11.3 Å². The maximum absolute atomic E-state index is 14.2. The number of unbranched alkanes of at least 4 members (excludes halogenated alkanes) is 5. The Bertz CT molecular complexity index is 2500. The lowest BCUT2D eigenvalue weighted by atomic mass is 9.12. The normalized spacial score (nSPS) is 13.4. The molecule has 0 fully saturated rings. The summed E-state index contributed by atoms with van der Waals surface area (Å²) in [5.74, 6) is 0. The molecule has 0 saturated heterocycles. The minimum Gasteiger partial charge on any atom is -0.194 e. The highest BCUT2D eigenvalue weighted by Crippen LogP contribution is 2.41. The van der Waals surface area contributed by atoms with Gasteiger partial charge in [-0.1, -0.05) is 129 Å². The van der Waals surface area contributed by atoms with Gasteiger partial charge in [0.1, 0.15) is 6.15 Å². The molecule has 0 saturated carbocycles. The van der Waals surface area contributed by atoms with Gasteiger partial charge in [0.05, 0.1) is 49.4 Å². The molecule has 0 aliphatic carbocycles. The van der Waals surface area contributed by atoms with Gasteiger partial charge in [0, 0.05) is 5.56 Å². The van der Waals surface area contributed by atoms with Crippen molar-refractivity contribution >= 4 is 39.3 Å². The summed E-state index contributed by atoms with van der Waals surface area (Å²) in [7, 11) is 0. The summed E-state index contributed by atoms with van der Waals surface area (Å²) in [6.07, 6.45) is -43.0. The van der Waals surface area contributed by atoms with E-state index in [1.54, 1.807) is 0 Å². The van der Waals surface area contributed by atoms with E-state index in [2.05, 4.69) is 53.5 Å². The fourth-order valence-corrected chi connectivity index (χ4v) is 9.40. The Morgan fingerprint density at radius 2 is 0.636 bits per heavy atom. The van der Waals surface area contributed by atoms with Crippen LogP contribution < -0.4 is 26.4 Å². The van der Waals surface area contributed by atoms with E-state index in [-0.39, 0.29) is 0 Å². The maximum Gasteiger partial charge on any atom is 0.416 e. The number of halogens is 24. The van der Waals surface area contributed by atoms with E-state index in [9.17, 15) is 105 Å². The first-order chi connectivity index (χ1) is 35.1. The van der Waals surface area contributed by atoms with Crippen molar-refractivity contribution < 1.29 is 110 Å². The molecule has 1 aromatic heterocycles. The molecule has 77 heavy (non-hydrogen) atoms. The van der Waals surface area contributed by atoms with Crippen LogP contribution in [0.2, 0.25) is 0 Å². The summed E-state index contributed by atoms with van der Waals surface area (Å²) in [4.78, 5) is 1.52. The van der Waals surface area contributed by atoms with Crippen LogP contribution in [0.4, 0.5) is 105 Å². The zero-order chi connectivity index (χ0) is 58.0. The molecule has 0 aliphatic heterocycles. The largest absolute Gasteiger partial charge is 0.416 e. The monoisotopic (exact) mass is 1150 g/mol. The molecule has 0 bridgehead atoms. The molecule has 0 amide bonds. The van der Waals surface area contributed by atoms with Crippen LogP contribution in [0.1, 0.15) is 100 Å². The molecule has 1 heterocycles. The van der Waals surface area contributed by atoms with Crippen LogP contribution in [0, 0.1) is 0 Å². The van der Waals surface area contributed by atoms with Gasteiger partial charge in [-0.25, -0.2) is 0 Å². The van der Waals surface area contributed by atoms with Crippen molar-refractivity contribution in [2.45, 2.75) is 108 Å². The van der Waals surface area contributed by atoms with Gasteiger partial charge in [-0.05, 0) is 37.1 Å². The van der Waals surface area contributed by atoms with Crippen molar-refractivity contribution in [3.63, 3.8) is 0 Å². The molecule has 0 unspecified atom stereocenters. The maximum atomic E-state index is 14.2. The van der Waals surface area contributed by atoms with Crippen molar-refractivity contribution in [1.82, 2.24) is 0 Å². The Morgan fingerprint density at radius 1 is 0.364 bits per heavy atom. The van der Waals surface area contributed by atoms with Gasteiger partial charge in [-0.15, -0.1) is 0 Å². The minimum atomic E-state index is -6.13. The summed E-state index contributed by atoms with van der Waals surface area (Å²) >= 11 is 1.90.